The topological polar surface area (TPSA) is 35.5 Å². The lowest BCUT2D eigenvalue weighted by atomic mass is 10.1. The fourth-order valence-electron chi connectivity index (χ4n) is 1.79. The van der Waals surface area contributed by atoms with Gasteiger partial charge in [0.15, 0.2) is 0 Å². The van der Waals surface area contributed by atoms with Gasteiger partial charge in [0.1, 0.15) is 17.8 Å². The van der Waals surface area contributed by atoms with Crippen LogP contribution in [0.2, 0.25) is 0 Å². The molecule has 3 heteroatoms. The van der Waals surface area contributed by atoms with Crippen molar-refractivity contribution in [3.8, 4) is 11.5 Å². The highest BCUT2D eigenvalue weighted by Gasteiger charge is 2.38. The van der Waals surface area contributed by atoms with Crippen molar-refractivity contribution >= 4 is 6.29 Å². The molecule has 1 aromatic rings. The van der Waals surface area contributed by atoms with Gasteiger partial charge in [-0.1, -0.05) is 0 Å². The van der Waals surface area contributed by atoms with E-state index in [1.165, 1.54) is 0 Å². The average Bonchev–Trinajstić information content (AvgIpc) is 3.07. The minimum atomic E-state index is 0.182. The molecule has 15 heavy (non-hydrogen) atoms. The molecule has 3 nitrogen and oxygen atoms in total. The van der Waals surface area contributed by atoms with Crippen LogP contribution < -0.4 is 9.47 Å². The first-order valence-electron chi connectivity index (χ1n) is 4.96. The monoisotopic (exact) mass is 206 g/mol. The number of methoxy groups -OCH3 is 2. The summed E-state index contributed by atoms with van der Waals surface area (Å²) >= 11 is 0. The van der Waals surface area contributed by atoms with Gasteiger partial charge in [0.05, 0.1) is 14.2 Å². The Morgan fingerprint density at radius 2 is 1.80 bits per heavy atom. The predicted octanol–water partition coefficient (Wildman–Crippen LogP) is 2.01. The van der Waals surface area contributed by atoms with Gasteiger partial charge in [0.2, 0.25) is 0 Å². The summed E-state index contributed by atoms with van der Waals surface area (Å²) in [6, 6.07) is 5.77. The Hall–Kier alpha value is -1.51. The molecular formula is C12H14O3. The molecule has 0 heterocycles. The normalized spacial score (nSPS) is 23.3. The average molecular weight is 206 g/mol. The van der Waals surface area contributed by atoms with E-state index < -0.39 is 0 Å². The van der Waals surface area contributed by atoms with E-state index in [1.54, 1.807) is 14.2 Å². The van der Waals surface area contributed by atoms with Crippen LogP contribution in [-0.2, 0) is 4.79 Å². The molecule has 2 atom stereocenters. The molecule has 1 fully saturated rings. The highest BCUT2D eigenvalue weighted by atomic mass is 16.5. The molecule has 0 radical (unpaired) electrons. The number of rotatable bonds is 4. The molecule has 0 amide bonds. The smallest absolute Gasteiger partial charge is 0.123 e. The first-order valence-corrected chi connectivity index (χ1v) is 4.96. The van der Waals surface area contributed by atoms with Gasteiger partial charge >= 0.3 is 0 Å². The second-order valence-electron chi connectivity index (χ2n) is 3.79. The lowest BCUT2D eigenvalue weighted by Crippen LogP contribution is -1.91. The Kier molecular flexibility index (Phi) is 2.62. The number of carbonyl (C=O) groups is 1. The summed E-state index contributed by atoms with van der Waals surface area (Å²) in [5.41, 5.74) is 1.13. The maximum atomic E-state index is 10.6. The van der Waals surface area contributed by atoms with Crippen LogP contribution in [0.5, 0.6) is 11.5 Å². The summed E-state index contributed by atoms with van der Waals surface area (Å²) in [7, 11) is 3.26. The predicted molar refractivity (Wildman–Crippen MR) is 56.5 cm³/mol. The zero-order valence-electron chi connectivity index (χ0n) is 8.90. The molecule has 0 N–H and O–H groups in total. The van der Waals surface area contributed by atoms with Crippen molar-refractivity contribution in [2.45, 2.75) is 12.3 Å². The van der Waals surface area contributed by atoms with Crippen LogP contribution in [0.25, 0.3) is 0 Å². The van der Waals surface area contributed by atoms with E-state index in [4.69, 9.17) is 9.47 Å². The summed E-state index contributed by atoms with van der Waals surface area (Å²) in [6.45, 7) is 0. The number of ether oxygens (including phenoxy) is 2. The third-order valence-corrected chi connectivity index (χ3v) is 2.82. The Morgan fingerprint density at radius 3 is 2.20 bits per heavy atom. The number of hydrogen-bond acceptors (Lipinski definition) is 3. The van der Waals surface area contributed by atoms with Gasteiger partial charge in [-0.25, -0.2) is 0 Å². The Bertz CT molecular complexity index is 351. The maximum absolute atomic E-state index is 10.6. The highest BCUT2D eigenvalue weighted by molar-refractivity contribution is 5.62. The second kappa shape index (κ2) is 3.93. The molecule has 80 valence electrons. The van der Waals surface area contributed by atoms with Crippen molar-refractivity contribution in [2.24, 2.45) is 5.92 Å². The van der Waals surface area contributed by atoms with Gasteiger partial charge in [0, 0.05) is 12.0 Å². The zero-order chi connectivity index (χ0) is 10.8. The summed E-state index contributed by atoms with van der Waals surface area (Å²) in [5, 5.41) is 0. The van der Waals surface area contributed by atoms with Crippen LogP contribution in [0.15, 0.2) is 18.2 Å². The molecule has 2 rings (SSSR count). The molecule has 1 aromatic carbocycles. The van der Waals surface area contributed by atoms with E-state index in [1.807, 2.05) is 18.2 Å². The number of carbonyl (C=O) groups excluding carboxylic acids is 1. The molecule has 1 aliphatic carbocycles. The molecule has 0 saturated heterocycles. The molecule has 0 aromatic heterocycles. The van der Waals surface area contributed by atoms with E-state index in [9.17, 15) is 4.79 Å². The fraction of sp³-hybridized carbons (Fsp3) is 0.417. The van der Waals surface area contributed by atoms with E-state index in [0.717, 1.165) is 29.8 Å². The number of benzene rings is 1. The van der Waals surface area contributed by atoms with Gasteiger partial charge < -0.3 is 14.3 Å². The van der Waals surface area contributed by atoms with Crippen LogP contribution in [0, 0.1) is 5.92 Å². The molecule has 0 bridgehead atoms. The van der Waals surface area contributed by atoms with Crippen molar-refractivity contribution in [2.75, 3.05) is 14.2 Å². The van der Waals surface area contributed by atoms with Crippen LogP contribution in [0.3, 0.4) is 0 Å². The summed E-state index contributed by atoms with van der Waals surface area (Å²) in [5.74, 6) is 2.09. The Balaban J connectivity index is 2.27. The summed E-state index contributed by atoms with van der Waals surface area (Å²) < 4.78 is 10.4. The van der Waals surface area contributed by atoms with Crippen LogP contribution in [0.1, 0.15) is 17.9 Å². The van der Waals surface area contributed by atoms with Crippen molar-refractivity contribution in [1.29, 1.82) is 0 Å². The quantitative estimate of drug-likeness (QED) is 0.707. The molecule has 1 saturated carbocycles. The fourth-order valence-corrected chi connectivity index (χ4v) is 1.79. The lowest BCUT2D eigenvalue weighted by Gasteiger charge is -2.07. The molecule has 0 unspecified atom stereocenters. The van der Waals surface area contributed by atoms with Crippen molar-refractivity contribution in [1.82, 2.24) is 0 Å². The van der Waals surface area contributed by atoms with E-state index >= 15 is 0 Å². The maximum Gasteiger partial charge on any atom is 0.123 e. The van der Waals surface area contributed by atoms with E-state index in [-0.39, 0.29) is 5.92 Å². The summed E-state index contributed by atoms with van der Waals surface area (Å²) in [6.07, 6.45) is 1.97. The minimum absolute atomic E-state index is 0.182. The number of aldehydes is 1. The van der Waals surface area contributed by atoms with E-state index in [2.05, 4.69) is 0 Å². The third-order valence-electron chi connectivity index (χ3n) is 2.82. The second-order valence-corrected chi connectivity index (χ2v) is 3.79. The van der Waals surface area contributed by atoms with Crippen LogP contribution in [0.4, 0.5) is 0 Å². The van der Waals surface area contributed by atoms with Gasteiger partial charge in [-0.2, -0.15) is 0 Å². The first kappa shape index (κ1) is 10.0. The standard InChI is InChI=1S/C12H14O3/c1-14-10-3-8(4-11(6-10)15-2)12-5-9(12)7-13/h3-4,6-7,9,12H,5H2,1-2H3/t9-,12+/m1/s1. The Labute approximate surface area is 89.0 Å². The van der Waals surface area contributed by atoms with Gasteiger partial charge in [-0.15, -0.1) is 0 Å². The largest absolute Gasteiger partial charge is 0.497 e. The summed E-state index contributed by atoms with van der Waals surface area (Å²) in [4.78, 5) is 10.6. The Morgan fingerprint density at radius 1 is 1.20 bits per heavy atom. The van der Waals surface area contributed by atoms with Crippen molar-refractivity contribution < 1.29 is 14.3 Å². The third kappa shape index (κ3) is 1.96. The SMILES string of the molecule is COc1cc(OC)cc([C@@H]2C[C@@H]2C=O)c1. The highest BCUT2D eigenvalue weighted by Crippen LogP contribution is 2.47. The van der Waals surface area contributed by atoms with E-state index in [0.29, 0.717) is 5.92 Å². The number of hydrogen-bond donors (Lipinski definition) is 0. The van der Waals surface area contributed by atoms with Gasteiger partial charge in [0.25, 0.3) is 0 Å². The van der Waals surface area contributed by atoms with Crippen LogP contribution >= 0.6 is 0 Å². The molecular weight excluding hydrogens is 192 g/mol. The lowest BCUT2D eigenvalue weighted by molar-refractivity contribution is -0.108. The molecule has 0 spiro atoms. The van der Waals surface area contributed by atoms with Crippen LogP contribution in [-0.4, -0.2) is 20.5 Å². The van der Waals surface area contributed by atoms with Crippen molar-refractivity contribution in [3.63, 3.8) is 0 Å². The zero-order valence-corrected chi connectivity index (χ0v) is 8.90. The van der Waals surface area contributed by atoms with Gasteiger partial charge in [-0.05, 0) is 30.0 Å². The van der Waals surface area contributed by atoms with Crippen molar-refractivity contribution in [3.05, 3.63) is 23.8 Å². The first-order chi connectivity index (χ1) is 7.28. The molecule has 0 aliphatic heterocycles. The minimum Gasteiger partial charge on any atom is -0.497 e. The van der Waals surface area contributed by atoms with Gasteiger partial charge in [-0.3, -0.25) is 0 Å². The molecule has 1 aliphatic rings.